The summed E-state index contributed by atoms with van der Waals surface area (Å²) in [6.45, 7) is 0. The maximum absolute atomic E-state index is 11.9. The molecular weight excluding hydrogens is 222 g/mol. The SMILES string of the molecule is O=C1O[C@H]2[C@@H]3[C@@H]4[C@H]1[C@@H]1[C@@H]2[C@H]2[C@@H]3[C@H]4[C@H]1[C@H]2[N+](=O)[O-]. The van der Waals surface area contributed by atoms with E-state index in [4.69, 9.17) is 4.74 Å². The largest absolute Gasteiger partial charge is 0.462 e. The van der Waals surface area contributed by atoms with Gasteiger partial charge >= 0.3 is 5.97 Å². The van der Waals surface area contributed by atoms with Gasteiger partial charge in [0.15, 0.2) is 0 Å². The fourth-order valence-corrected chi connectivity index (χ4v) is 7.41. The Bertz CT molecular complexity index is 517. The molecule has 5 heteroatoms. The minimum atomic E-state index is -0.350. The molecule has 5 aliphatic carbocycles. The molecule has 0 aromatic carbocycles. The van der Waals surface area contributed by atoms with Crippen molar-refractivity contribution >= 4 is 5.97 Å². The molecule has 0 radical (unpaired) electrons. The average Bonchev–Trinajstić information content (AvgIpc) is 2.75. The molecule has 0 aromatic heterocycles. The van der Waals surface area contributed by atoms with Crippen molar-refractivity contribution < 1.29 is 14.5 Å². The van der Waals surface area contributed by atoms with Crippen molar-refractivity contribution in [3.05, 3.63) is 10.1 Å². The zero-order valence-electron chi connectivity index (χ0n) is 8.93. The van der Waals surface area contributed by atoms with E-state index in [2.05, 4.69) is 0 Å². The van der Waals surface area contributed by atoms with Crippen molar-refractivity contribution in [2.24, 2.45) is 53.3 Å². The first kappa shape index (κ1) is 8.06. The third-order valence-electron chi connectivity index (χ3n) is 7.14. The number of carbonyl (C=O) groups excluding carboxylic acids is 1. The first-order valence-electron chi connectivity index (χ1n) is 6.56. The molecule has 0 aromatic rings. The van der Waals surface area contributed by atoms with Crippen LogP contribution in [0.5, 0.6) is 0 Å². The lowest BCUT2D eigenvalue weighted by Gasteiger charge is -2.52. The number of nitrogens with zero attached hydrogens (tertiary/aromatic N) is 1. The summed E-state index contributed by atoms with van der Waals surface area (Å²) in [5, 5.41) is 11.3. The Labute approximate surface area is 96.6 Å². The number of hydrogen-bond acceptors (Lipinski definition) is 4. The van der Waals surface area contributed by atoms with E-state index in [0.29, 0.717) is 35.5 Å². The van der Waals surface area contributed by atoms with Gasteiger partial charge in [-0.15, -0.1) is 0 Å². The van der Waals surface area contributed by atoms with E-state index in [-0.39, 0.29) is 40.8 Å². The topological polar surface area (TPSA) is 69.4 Å². The van der Waals surface area contributed by atoms with Crippen LogP contribution in [0.1, 0.15) is 0 Å². The lowest BCUT2D eigenvalue weighted by molar-refractivity contribution is -0.533. The van der Waals surface area contributed by atoms with Crippen molar-refractivity contribution in [2.45, 2.75) is 12.1 Å². The molecule has 2 saturated heterocycles. The van der Waals surface area contributed by atoms with Crippen LogP contribution < -0.4 is 0 Å². The molecule has 0 spiro atoms. The fraction of sp³-hybridized carbons (Fsp3) is 0.917. The van der Waals surface area contributed by atoms with Crippen molar-refractivity contribution in [3.8, 4) is 0 Å². The van der Waals surface area contributed by atoms with Gasteiger partial charge in [-0.1, -0.05) is 0 Å². The first-order chi connectivity index (χ1) is 8.22. The van der Waals surface area contributed by atoms with Crippen LogP contribution in [0.3, 0.4) is 0 Å². The summed E-state index contributed by atoms with van der Waals surface area (Å²) in [4.78, 5) is 23.2. The monoisotopic (exact) mass is 233 g/mol. The van der Waals surface area contributed by atoms with Gasteiger partial charge < -0.3 is 4.74 Å². The van der Waals surface area contributed by atoms with Crippen molar-refractivity contribution in [2.75, 3.05) is 0 Å². The molecule has 17 heavy (non-hydrogen) atoms. The van der Waals surface area contributed by atoms with E-state index < -0.39 is 0 Å². The molecule has 11 atom stereocenters. The minimum Gasteiger partial charge on any atom is -0.462 e. The highest BCUT2D eigenvalue weighted by atomic mass is 16.6. The number of hydrogen-bond donors (Lipinski definition) is 0. The summed E-state index contributed by atoms with van der Waals surface area (Å²) in [6.07, 6.45) is 0.0590. The first-order valence-corrected chi connectivity index (χ1v) is 6.56. The second-order valence-electron chi connectivity index (χ2n) is 6.82. The summed E-state index contributed by atoms with van der Waals surface area (Å²) < 4.78 is 5.53. The van der Waals surface area contributed by atoms with Crippen LogP contribution in [0.15, 0.2) is 0 Å². The quantitative estimate of drug-likeness (QED) is 0.368. The minimum absolute atomic E-state index is 0.0342. The van der Waals surface area contributed by atoms with E-state index in [9.17, 15) is 14.9 Å². The Balaban J connectivity index is 1.65. The predicted molar refractivity (Wildman–Crippen MR) is 52.1 cm³/mol. The number of carbonyl (C=O) groups is 1. The molecule has 4 bridgehead atoms. The summed E-state index contributed by atoms with van der Waals surface area (Å²) in [5.41, 5.74) is 0. The summed E-state index contributed by atoms with van der Waals surface area (Å²) >= 11 is 0. The molecule has 5 saturated carbocycles. The molecule has 0 amide bonds. The van der Waals surface area contributed by atoms with Crippen LogP contribution in [0.25, 0.3) is 0 Å². The third-order valence-corrected chi connectivity index (χ3v) is 7.14. The molecule has 5 nitrogen and oxygen atoms in total. The maximum Gasteiger partial charge on any atom is 0.309 e. The highest BCUT2D eigenvalue weighted by molar-refractivity contribution is 5.78. The van der Waals surface area contributed by atoms with Crippen molar-refractivity contribution in [3.63, 3.8) is 0 Å². The van der Waals surface area contributed by atoms with E-state index in [0.717, 1.165) is 0 Å². The molecule has 7 rings (SSSR count). The Morgan fingerprint density at radius 3 is 2.29 bits per heavy atom. The van der Waals surface area contributed by atoms with Gasteiger partial charge in [0.25, 0.3) is 0 Å². The number of nitro groups is 1. The van der Waals surface area contributed by atoms with Gasteiger partial charge in [-0.3, -0.25) is 14.9 Å². The maximum atomic E-state index is 11.9. The molecule has 0 unspecified atom stereocenters. The Morgan fingerprint density at radius 2 is 1.53 bits per heavy atom. The van der Waals surface area contributed by atoms with Gasteiger partial charge in [-0.25, -0.2) is 0 Å². The van der Waals surface area contributed by atoms with Gasteiger partial charge in [0.1, 0.15) is 6.10 Å². The molecule has 88 valence electrons. The lowest BCUT2D eigenvalue weighted by atomic mass is 9.55. The highest BCUT2D eigenvalue weighted by Crippen LogP contribution is 2.86. The Hall–Kier alpha value is -1.13. The Kier molecular flexibility index (Phi) is 0.897. The standard InChI is InChI=1S/C12H11NO4/c14-12-9-3-1-2-6-8(11(17-12)7(2)3)4(9)5(1)10(6)13(15)16/h1-11H/t1-,2+,3-,4+,5-,6-,7+,8-,9+,10-,11+/m1/s1. The summed E-state index contributed by atoms with van der Waals surface area (Å²) in [6, 6.07) is -0.350. The third kappa shape index (κ3) is 0.490. The molecule has 2 aliphatic heterocycles. The van der Waals surface area contributed by atoms with Crippen LogP contribution in [0, 0.1) is 63.4 Å². The van der Waals surface area contributed by atoms with E-state index >= 15 is 0 Å². The van der Waals surface area contributed by atoms with Crippen molar-refractivity contribution in [1.82, 2.24) is 0 Å². The number of ether oxygens (including phenoxy) is 1. The molecular formula is C12H11NO4. The molecule has 0 N–H and O–H groups in total. The van der Waals surface area contributed by atoms with Crippen LogP contribution in [-0.2, 0) is 9.53 Å². The number of fused-ring (bicyclic) bond motifs is 1. The zero-order valence-corrected chi connectivity index (χ0v) is 8.93. The normalized spacial score (nSPS) is 74.4. The van der Waals surface area contributed by atoms with E-state index in [1.54, 1.807) is 0 Å². The van der Waals surface area contributed by atoms with Crippen LogP contribution in [-0.4, -0.2) is 23.0 Å². The average molecular weight is 233 g/mol. The van der Waals surface area contributed by atoms with E-state index in [1.807, 2.05) is 0 Å². The van der Waals surface area contributed by atoms with Gasteiger partial charge in [-0.05, 0) is 23.7 Å². The van der Waals surface area contributed by atoms with E-state index in [1.165, 1.54) is 0 Å². The van der Waals surface area contributed by atoms with Gasteiger partial charge in [0.2, 0.25) is 6.04 Å². The van der Waals surface area contributed by atoms with Crippen LogP contribution in [0.4, 0.5) is 0 Å². The van der Waals surface area contributed by atoms with Gasteiger partial charge in [-0.2, -0.15) is 0 Å². The van der Waals surface area contributed by atoms with Crippen molar-refractivity contribution in [1.29, 1.82) is 0 Å². The number of rotatable bonds is 1. The fourth-order valence-electron chi connectivity index (χ4n) is 7.41. The smallest absolute Gasteiger partial charge is 0.309 e. The zero-order chi connectivity index (χ0) is 11.2. The van der Waals surface area contributed by atoms with Gasteiger partial charge in [0, 0.05) is 28.6 Å². The summed E-state index contributed by atoms with van der Waals surface area (Å²) in [7, 11) is 0. The Morgan fingerprint density at radius 1 is 0.941 bits per heavy atom. The second-order valence-corrected chi connectivity index (χ2v) is 6.82. The molecule has 7 fully saturated rings. The van der Waals surface area contributed by atoms with Crippen LogP contribution in [0.2, 0.25) is 0 Å². The predicted octanol–water partition coefficient (Wildman–Crippen LogP) is 0.171. The van der Waals surface area contributed by atoms with Gasteiger partial charge in [0.05, 0.1) is 5.92 Å². The van der Waals surface area contributed by atoms with Crippen LogP contribution >= 0.6 is 0 Å². The molecule has 7 aliphatic rings. The summed E-state index contributed by atoms with van der Waals surface area (Å²) in [5.74, 6) is 3.13. The lowest BCUT2D eigenvalue weighted by Crippen LogP contribution is -2.58. The number of esters is 1. The highest BCUT2D eigenvalue weighted by Gasteiger charge is 2.92. The molecule has 2 heterocycles. The second kappa shape index (κ2) is 1.89.